The number of ether oxygens (including phenoxy) is 2. The summed E-state index contributed by atoms with van der Waals surface area (Å²) >= 11 is 0. The number of benzene rings is 3. The van der Waals surface area contributed by atoms with Gasteiger partial charge in [0.15, 0.2) is 0 Å². The van der Waals surface area contributed by atoms with Crippen LogP contribution in [0.5, 0.6) is 0 Å². The predicted octanol–water partition coefficient (Wildman–Crippen LogP) is 6.79. The van der Waals surface area contributed by atoms with Crippen LogP contribution >= 0.6 is 0 Å². The van der Waals surface area contributed by atoms with Crippen molar-refractivity contribution in [3.63, 3.8) is 0 Å². The number of alkyl carbamates (subject to hydrolysis) is 2. The molecule has 8 atom stereocenters. The third-order valence-corrected chi connectivity index (χ3v) is 13.3. The molecule has 60 heavy (non-hydrogen) atoms. The Balaban J connectivity index is 0.854. The Morgan fingerprint density at radius 1 is 0.700 bits per heavy atom. The molecule has 12 heteroatoms. The number of carbonyl (C=O) groups is 4. The summed E-state index contributed by atoms with van der Waals surface area (Å²) in [4.78, 5) is 65.9. The van der Waals surface area contributed by atoms with E-state index in [0.717, 1.165) is 81.4 Å². The number of likely N-dealkylation sites (tertiary alicyclic amines) is 2. The highest BCUT2D eigenvalue weighted by molar-refractivity contribution is 6.07. The van der Waals surface area contributed by atoms with Gasteiger partial charge in [-0.15, -0.1) is 0 Å². The molecule has 9 rings (SSSR count). The van der Waals surface area contributed by atoms with Crippen molar-refractivity contribution in [2.45, 2.75) is 102 Å². The van der Waals surface area contributed by atoms with E-state index in [2.05, 4.69) is 58.9 Å². The quantitative estimate of drug-likeness (QED) is 0.228. The molecule has 0 unspecified atom stereocenters. The lowest BCUT2D eigenvalue weighted by atomic mass is 9.96. The van der Waals surface area contributed by atoms with Gasteiger partial charge in [-0.25, -0.2) is 9.59 Å². The first-order valence-corrected chi connectivity index (χ1v) is 21.3. The summed E-state index contributed by atoms with van der Waals surface area (Å²) in [6.07, 6.45) is 5.91. The van der Waals surface area contributed by atoms with Crippen molar-refractivity contribution in [3.05, 3.63) is 83.1 Å². The van der Waals surface area contributed by atoms with Crippen LogP contribution in [-0.2, 0) is 25.5 Å². The molecule has 4 amide bonds. The minimum absolute atomic E-state index is 0.0597. The number of aliphatic imine (C=N–C) groups is 2. The fourth-order valence-electron chi connectivity index (χ4n) is 9.88. The Bertz CT molecular complexity index is 2440. The largest absolute Gasteiger partial charge is 0.453 e. The Kier molecular flexibility index (Phi) is 10.3. The summed E-state index contributed by atoms with van der Waals surface area (Å²) < 4.78 is 9.63. The zero-order chi connectivity index (χ0) is 42.0. The smallest absolute Gasteiger partial charge is 0.407 e. The molecule has 4 heterocycles. The monoisotopic (exact) mass is 808 g/mol. The molecule has 2 N–H and O–H groups in total. The lowest BCUT2D eigenvalue weighted by Gasteiger charge is -2.33. The number of allylic oxidation sites excluding steroid dienone is 1. The lowest BCUT2D eigenvalue weighted by molar-refractivity contribution is -0.136. The second-order valence-corrected chi connectivity index (χ2v) is 17.9. The van der Waals surface area contributed by atoms with E-state index in [-0.39, 0.29) is 47.8 Å². The first-order chi connectivity index (χ1) is 28.9. The molecular weight excluding hydrogens is 757 g/mol. The van der Waals surface area contributed by atoms with Crippen LogP contribution in [0, 0.1) is 35.5 Å². The Morgan fingerprint density at radius 3 is 1.85 bits per heavy atom. The summed E-state index contributed by atoms with van der Waals surface area (Å²) in [6, 6.07) is 17.7. The van der Waals surface area contributed by atoms with Crippen LogP contribution in [0.4, 0.5) is 15.3 Å². The van der Waals surface area contributed by atoms with Crippen molar-refractivity contribution in [1.29, 1.82) is 0 Å². The van der Waals surface area contributed by atoms with E-state index >= 15 is 0 Å². The van der Waals surface area contributed by atoms with Gasteiger partial charge in [0.25, 0.3) is 0 Å². The number of nitrogens with one attached hydrogen (secondary N) is 2. The molecule has 310 valence electrons. The number of amides is 4. The molecule has 6 aliphatic rings. The maximum atomic E-state index is 13.9. The Labute approximate surface area is 350 Å². The standard InChI is InChI=1S/C48H52N6O6/c1-25(2)42(51-47(57)59-5)45(55)53-38-20-32(38)22-40(53)36-19-34(24-49-36)29-12-9-27(10-13-29)7-8-28-11-16-35-30(17-28)14-15-31-18-37(50-44(31)35)41-23-33-21-39(33)54(41)46(56)43(26(3)4)52-48(58)60-6/h9-17,24-26,32-33,38-43H,18-23H2,1-6H3,(H,51,57)(H,52,58)/t32-,33-,38-,39-,40+,41+,42+,43+/m1/s1. The molecular formula is C48H52N6O6. The van der Waals surface area contributed by atoms with Crippen molar-refractivity contribution in [2.24, 2.45) is 33.7 Å². The van der Waals surface area contributed by atoms with E-state index in [0.29, 0.717) is 24.7 Å². The molecule has 2 saturated heterocycles. The number of rotatable bonds is 9. The van der Waals surface area contributed by atoms with Crippen LogP contribution in [0.3, 0.4) is 0 Å². The highest BCUT2D eigenvalue weighted by Gasteiger charge is 2.58. The maximum absolute atomic E-state index is 13.9. The third kappa shape index (κ3) is 7.33. The molecule has 2 saturated carbocycles. The molecule has 2 aliphatic carbocycles. The number of piperidine rings is 2. The molecule has 0 aromatic heterocycles. The van der Waals surface area contributed by atoms with E-state index < -0.39 is 24.3 Å². The van der Waals surface area contributed by atoms with Gasteiger partial charge < -0.3 is 29.9 Å². The van der Waals surface area contributed by atoms with Crippen molar-refractivity contribution >= 4 is 57.5 Å². The minimum Gasteiger partial charge on any atom is -0.453 e. The van der Waals surface area contributed by atoms with Gasteiger partial charge >= 0.3 is 12.2 Å². The number of fused-ring (bicyclic) bond motifs is 5. The second-order valence-electron chi connectivity index (χ2n) is 17.9. The number of hydrogen-bond donors (Lipinski definition) is 2. The van der Waals surface area contributed by atoms with Crippen molar-refractivity contribution in [1.82, 2.24) is 20.4 Å². The van der Waals surface area contributed by atoms with Crippen LogP contribution in [0.15, 0.2) is 70.8 Å². The van der Waals surface area contributed by atoms with E-state index in [1.54, 1.807) is 0 Å². The number of methoxy groups -OCH3 is 2. The number of hydrogen-bond acceptors (Lipinski definition) is 8. The first kappa shape index (κ1) is 39.5. The van der Waals surface area contributed by atoms with E-state index in [1.165, 1.54) is 14.2 Å². The summed E-state index contributed by atoms with van der Waals surface area (Å²) in [7, 11) is 2.62. The molecule has 0 radical (unpaired) electrons. The third-order valence-electron chi connectivity index (χ3n) is 13.3. The lowest BCUT2D eigenvalue weighted by Crippen LogP contribution is -2.55. The molecule has 3 aromatic rings. The maximum Gasteiger partial charge on any atom is 0.407 e. The Morgan fingerprint density at radius 2 is 1.27 bits per heavy atom. The van der Waals surface area contributed by atoms with Gasteiger partial charge in [-0.05, 0) is 95.7 Å². The molecule has 0 spiro atoms. The van der Waals surface area contributed by atoms with Gasteiger partial charge in [0.2, 0.25) is 11.8 Å². The summed E-state index contributed by atoms with van der Waals surface area (Å²) in [5.74, 6) is 7.37. The van der Waals surface area contributed by atoms with Crippen LogP contribution in [0.1, 0.15) is 82.1 Å². The van der Waals surface area contributed by atoms with Gasteiger partial charge in [-0.2, -0.15) is 0 Å². The number of nitrogens with zero attached hydrogens (tertiary/aromatic N) is 4. The van der Waals surface area contributed by atoms with Gasteiger partial charge in [-0.1, -0.05) is 69.9 Å². The van der Waals surface area contributed by atoms with Crippen LogP contribution in [0.25, 0.3) is 16.3 Å². The first-order valence-electron chi connectivity index (χ1n) is 21.3. The SMILES string of the molecule is COC(=O)N[C@H](C(=O)N1[C@@H]2C[C@@H]2C[C@H]1C1=NC=C(c2ccc(C#Cc3ccc4c5c(ccc4c3)CC([C@@H]3C[C@H]4C[C@H]4N3C(=O)[C@@H](NC(=O)OC)C(C)C)=N5)cc2)C1)C(C)C. The van der Waals surface area contributed by atoms with Gasteiger partial charge in [0.1, 0.15) is 12.1 Å². The highest BCUT2D eigenvalue weighted by atomic mass is 16.5. The highest BCUT2D eigenvalue weighted by Crippen LogP contribution is 2.51. The number of carbonyl (C=O) groups excluding carboxylic acids is 4. The van der Waals surface area contributed by atoms with Crippen LogP contribution < -0.4 is 10.6 Å². The average Bonchev–Trinajstić information content (AvgIpc) is 3.86. The fraction of sp³-hybridized carbons (Fsp3) is 0.458. The van der Waals surface area contributed by atoms with Gasteiger partial charge in [0.05, 0.1) is 32.0 Å². The second kappa shape index (κ2) is 15.6. The molecule has 12 nitrogen and oxygen atoms in total. The molecule has 4 aliphatic heterocycles. The minimum atomic E-state index is -0.656. The molecule has 3 aromatic carbocycles. The fourth-order valence-corrected chi connectivity index (χ4v) is 9.88. The Hall–Kier alpha value is -5.96. The average molecular weight is 809 g/mol. The molecule has 0 bridgehead atoms. The van der Waals surface area contributed by atoms with Crippen molar-refractivity contribution < 1.29 is 28.7 Å². The molecule has 4 fully saturated rings. The van der Waals surface area contributed by atoms with E-state index in [1.807, 2.05) is 61.9 Å². The van der Waals surface area contributed by atoms with E-state index in [9.17, 15) is 19.2 Å². The van der Waals surface area contributed by atoms with Crippen LogP contribution in [0.2, 0.25) is 0 Å². The van der Waals surface area contributed by atoms with Crippen molar-refractivity contribution in [3.8, 4) is 11.8 Å². The topological polar surface area (TPSA) is 142 Å². The zero-order valence-electron chi connectivity index (χ0n) is 35.0. The van der Waals surface area contributed by atoms with E-state index in [4.69, 9.17) is 19.5 Å². The zero-order valence-corrected chi connectivity index (χ0v) is 35.0. The summed E-state index contributed by atoms with van der Waals surface area (Å²) in [5, 5.41) is 7.65. The normalized spacial score (nSPS) is 25.3. The summed E-state index contributed by atoms with van der Waals surface area (Å²) in [5.41, 5.74) is 8.13. The predicted molar refractivity (Wildman–Crippen MR) is 230 cm³/mol. The van der Waals surface area contributed by atoms with Gasteiger partial charge in [-0.3, -0.25) is 19.6 Å². The van der Waals surface area contributed by atoms with Crippen molar-refractivity contribution in [2.75, 3.05) is 14.2 Å². The summed E-state index contributed by atoms with van der Waals surface area (Å²) in [6.45, 7) is 7.75. The van der Waals surface area contributed by atoms with Gasteiger partial charge in [0, 0.05) is 59.1 Å². The van der Waals surface area contributed by atoms with Crippen LogP contribution in [-0.4, -0.2) is 95.7 Å².